The smallest absolute Gasteiger partial charge is 0.324 e. The van der Waals surface area contributed by atoms with E-state index in [-0.39, 0.29) is 31.1 Å². The fraction of sp³-hybridized carbons (Fsp3) is 0.423. The molecule has 2 N–H and O–H groups in total. The quantitative estimate of drug-likeness (QED) is 0.602. The summed E-state index contributed by atoms with van der Waals surface area (Å²) >= 11 is 6.12. The first-order valence-electron chi connectivity index (χ1n) is 12.1. The number of anilines is 1. The number of rotatable bonds is 6. The Morgan fingerprint density at radius 1 is 1.03 bits per heavy atom. The second kappa shape index (κ2) is 9.60. The van der Waals surface area contributed by atoms with Crippen molar-refractivity contribution in [2.75, 3.05) is 44.7 Å². The van der Waals surface area contributed by atoms with Crippen LogP contribution in [0.3, 0.4) is 0 Å². The Hall–Kier alpha value is -2.94. The molecule has 2 aromatic carbocycles. The molecule has 2 aromatic rings. The summed E-state index contributed by atoms with van der Waals surface area (Å²) in [5.41, 5.74) is 3.01. The molecule has 2 heterocycles. The highest BCUT2D eigenvalue weighted by Gasteiger charge is 2.49. The van der Waals surface area contributed by atoms with Crippen molar-refractivity contribution in [3.05, 3.63) is 64.2 Å². The summed E-state index contributed by atoms with van der Waals surface area (Å²) in [6.07, 6.45) is 3.23. The number of nitrogens with one attached hydrogen (secondary N) is 2. The molecule has 35 heavy (non-hydrogen) atoms. The van der Waals surface area contributed by atoms with Crippen LogP contribution in [-0.2, 0) is 28.0 Å². The summed E-state index contributed by atoms with van der Waals surface area (Å²) in [7, 11) is 0. The first-order valence-corrected chi connectivity index (χ1v) is 12.5. The zero-order valence-corrected chi connectivity index (χ0v) is 20.6. The number of carbonyl (C=O) groups is 3. The minimum Gasteiger partial charge on any atom is -0.324 e. The maximum atomic E-state index is 13.4. The third kappa shape index (κ3) is 4.78. The van der Waals surface area contributed by atoms with Gasteiger partial charge in [-0.15, -0.1) is 0 Å². The lowest BCUT2D eigenvalue weighted by Crippen LogP contribution is -2.52. The summed E-state index contributed by atoms with van der Waals surface area (Å²) in [5, 5.41) is 6.28. The molecule has 9 heteroatoms. The van der Waals surface area contributed by atoms with E-state index in [1.807, 2.05) is 18.2 Å². The molecule has 3 aliphatic rings. The SMILES string of the molecule is CC1(c2ccc3c(c2)CCC3)NC(=O)N(CN2CCN(CC(=O)Nc3ccccc3Cl)CC2)C1=O. The van der Waals surface area contributed by atoms with Crippen LogP contribution >= 0.6 is 11.6 Å². The van der Waals surface area contributed by atoms with Crippen molar-refractivity contribution in [2.24, 2.45) is 0 Å². The number of halogens is 1. The number of urea groups is 1. The Kier molecular flexibility index (Phi) is 6.53. The van der Waals surface area contributed by atoms with Crippen molar-refractivity contribution in [2.45, 2.75) is 31.7 Å². The summed E-state index contributed by atoms with van der Waals surface area (Å²) in [6.45, 7) is 4.95. The Morgan fingerprint density at radius 2 is 1.74 bits per heavy atom. The van der Waals surface area contributed by atoms with Gasteiger partial charge in [0.2, 0.25) is 5.91 Å². The van der Waals surface area contributed by atoms with Crippen LogP contribution in [0.15, 0.2) is 42.5 Å². The van der Waals surface area contributed by atoms with Gasteiger partial charge in [-0.1, -0.05) is 41.9 Å². The summed E-state index contributed by atoms with van der Waals surface area (Å²) in [6, 6.07) is 12.9. The number of fused-ring (bicyclic) bond motifs is 1. The zero-order valence-electron chi connectivity index (χ0n) is 19.8. The van der Waals surface area contributed by atoms with E-state index in [0.717, 1.165) is 24.8 Å². The maximum absolute atomic E-state index is 13.4. The Morgan fingerprint density at radius 3 is 2.51 bits per heavy atom. The largest absolute Gasteiger partial charge is 0.326 e. The first kappa shape index (κ1) is 23.8. The van der Waals surface area contributed by atoms with E-state index in [1.54, 1.807) is 19.1 Å². The third-order valence-corrected chi connectivity index (χ3v) is 7.60. The Bertz CT molecular complexity index is 1160. The van der Waals surface area contributed by atoms with Gasteiger partial charge in [-0.3, -0.25) is 19.4 Å². The van der Waals surface area contributed by atoms with E-state index in [2.05, 4.69) is 32.6 Å². The molecule has 1 unspecified atom stereocenters. The topological polar surface area (TPSA) is 85.0 Å². The monoisotopic (exact) mass is 495 g/mol. The van der Waals surface area contributed by atoms with Gasteiger partial charge in [0.25, 0.3) is 5.91 Å². The number of nitrogens with zero attached hydrogens (tertiary/aromatic N) is 3. The molecule has 2 aliphatic heterocycles. The van der Waals surface area contributed by atoms with Gasteiger partial charge in [0.15, 0.2) is 0 Å². The van der Waals surface area contributed by atoms with Crippen LogP contribution in [-0.4, -0.2) is 71.9 Å². The molecular weight excluding hydrogens is 466 g/mol. The molecule has 5 rings (SSSR count). The molecule has 2 fully saturated rings. The van der Waals surface area contributed by atoms with E-state index in [1.165, 1.54) is 16.0 Å². The molecule has 0 aromatic heterocycles. The van der Waals surface area contributed by atoms with E-state index >= 15 is 0 Å². The van der Waals surface area contributed by atoms with E-state index < -0.39 is 5.54 Å². The molecule has 1 atom stereocenters. The van der Waals surface area contributed by atoms with Crippen LogP contribution in [0.25, 0.3) is 0 Å². The lowest BCUT2D eigenvalue weighted by atomic mass is 9.90. The minimum absolute atomic E-state index is 0.120. The number of amides is 4. The first-order chi connectivity index (χ1) is 16.8. The van der Waals surface area contributed by atoms with Gasteiger partial charge in [0.05, 0.1) is 23.9 Å². The number of para-hydroxylation sites is 1. The summed E-state index contributed by atoms with van der Waals surface area (Å²) in [4.78, 5) is 44.0. The molecule has 0 saturated carbocycles. The van der Waals surface area contributed by atoms with Crippen molar-refractivity contribution < 1.29 is 14.4 Å². The normalized spacial score (nSPS) is 22.9. The highest BCUT2D eigenvalue weighted by molar-refractivity contribution is 6.33. The third-order valence-electron chi connectivity index (χ3n) is 7.27. The highest BCUT2D eigenvalue weighted by Crippen LogP contribution is 2.32. The summed E-state index contributed by atoms with van der Waals surface area (Å²) in [5.74, 6) is -0.340. The molecule has 0 radical (unpaired) electrons. The van der Waals surface area contributed by atoms with Crippen LogP contribution in [0.1, 0.15) is 30.0 Å². The number of hydrogen-bond donors (Lipinski definition) is 2. The number of benzene rings is 2. The summed E-state index contributed by atoms with van der Waals surface area (Å²) < 4.78 is 0. The molecule has 0 spiro atoms. The van der Waals surface area contributed by atoms with Gasteiger partial charge in [-0.2, -0.15) is 0 Å². The second-order valence-electron chi connectivity index (χ2n) is 9.69. The standard InChI is InChI=1S/C26H30ClN5O3/c1-26(20-10-9-18-5-4-6-19(18)15-20)24(34)32(25(35)29-26)17-31-13-11-30(12-14-31)16-23(33)28-22-8-3-2-7-21(22)27/h2-3,7-10,15H,4-6,11-14,16-17H2,1H3,(H,28,33)(H,29,35). The van der Waals surface area contributed by atoms with Crippen LogP contribution in [0, 0.1) is 0 Å². The predicted octanol–water partition coefficient (Wildman–Crippen LogP) is 2.81. The van der Waals surface area contributed by atoms with Gasteiger partial charge < -0.3 is 10.6 Å². The van der Waals surface area contributed by atoms with Crippen molar-refractivity contribution in [1.29, 1.82) is 0 Å². The van der Waals surface area contributed by atoms with Crippen molar-refractivity contribution >= 4 is 35.1 Å². The average molecular weight is 496 g/mol. The van der Waals surface area contributed by atoms with E-state index in [0.29, 0.717) is 36.9 Å². The molecule has 184 valence electrons. The molecule has 2 saturated heterocycles. The lowest BCUT2D eigenvalue weighted by molar-refractivity contribution is -0.132. The van der Waals surface area contributed by atoms with E-state index in [9.17, 15) is 14.4 Å². The number of carbonyl (C=O) groups excluding carboxylic acids is 3. The number of imide groups is 1. The number of piperazine rings is 1. The fourth-order valence-corrected chi connectivity index (χ4v) is 5.33. The molecule has 8 nitrogen and oxygen atoms in total. The molecule has 4 amide bonds. The lowest BCUT2D eigenvalue weighted by Gasteiger charge is -2.35. The Labute approximate surface area is 210 Å². The van der Waals surface area contributed by atoms with Crippen molar-refractivity contribution in [3.8, 4) is 0 Å². The molecule has 1 aliphatic carbocycles. The van der Waals surface area contributed by atoms with Gasteiger partial charge in [-0.25, -0.2) is 9.69 Å². The van der Waals surface area contributed by atoms with Crippen LogP contribution in [0.2, 0.25) is 5.02 Å². The highest BCUT2D eigenvalue weighted by atomic mass is 35.5. The molecular formula is C26H30ClN5O3. The van der Waals surface area contributed by atoms with Crippen LogP contribution in [0.4, 0.5) is 10.5 Å². The van der Waals surface area contributed by atoms with Gasteiger partial charge in [0.1, 0.15) is 5.54 Å². The zero-order chi connectivity index (χ0) is 24.6. The fourth-order valence-electron chi connectivity index (χ4n) is 5.15. The number of hydrogen-bond acceptors (Lipinski definition) is 5. The van der Waals surface area contributed by atoms with Crippen LogP contribution in [0.5, 0.6) is 0 Å². The Balaban J connectivity index is 1.15. The minimum atomic E-state index is -1.05. The van der Waals surface area contributed by atoms with Gasteiger partial charge >= 0.3 is 6.03 Å². The van der Waals surface area contributed by atoms with Crippen molar-refractivity contribution in [1.82, 2.24) is 20.0 Å². The maximum Gasteiger partial charge on any atom is 0.326 e. The van der Waals surface area contributed by atoms with Gasteiger partial charge in [0, 0.05) is 26.2 Å². The molecule has 0 bridgehead atoms. The number of aryl methyl sites for hydroxylation is 2. The van der Waals surface area contributed by atoms with E-state index in [4.69, 9.17) is 11.6 Å². The van der Waals surface area contributed by atoms with Crippen molar-refractivity contribution in [3.63, 3.8) is 0 Å². The van der Waals surface area contributed by atoms with Gasteiger partial charge in [-0.05, 0) is 55.0 Å². The predicted molar refractivity (Wildman–Crippen MR) is 134 cm³/mol. The van der Waals surface area contributed by atoms with Crippen LogP contribution < -0.4 is 10.6 Å². The average Bonchev–Trinajstić information content (AvgIpc) is 3.40. The second-order valence-corrected chi connectivity index (χ2v) is 10.1.